The SMILES string of the molecule is CN(C)CCCNc1nc(Nc2ccc(F)cc2F)cc(-c2ccccc2)n1. The molecule has 3 rings (SSSR count). The fourth-order valence-corrected chi connectivity index (χ4v) is 2.67. The summed E-state index contributed by atoms with van der Waals surface area (Å²) >= 11 is 0. The molecule has 1 heterocycles. The summed E-state index contributed by atoms with van der Waals surface area (Å²) in [5.74, 6) is -0.432. The first-order valence-corrected chi connectivity index (χ1v) is 9.06. The van der Waals surface area contributed by atoms with E-state index in [9.17, 15) is 8.78 Å². The minimum absolute atomic E-state index is 0.151. The van der Waals surface area contributed by atoms with Crippen molar-refractivity contribution in [3.8, 4) is 11.3 Å². The number of hydrogen-bond acceptors (Lipinski definition) is 5. The smallest absolute Gasteiger partial charge is 0.225 e. The summed E-state index contributed by atoms with van der Waals surface area (Å²) in [6.45, 7) is 1.65. The molecule has 0 saturated heterocycles. The molecule has 0 fully saturated rings. The predicted octanol–water partition coefficient (Wildman–Crippen LogP) is 4.53. The molecule has 0 amide bonds. The van der Waals surface area contributed by atoms with E-state index < -0.39 is 11.6 Å². The summed E-state index contributed by atoms with van der Waals surface area (Å²) in [6.07, 6.45) is 0.932. The molecule has 3 aromatic rings. The van der Waals surface area contributed by atoms with Crippen molar-refractivity contribution in [2.75, 3.05) is 37.8 Å². The van der Waals surface area contributed by atoms with Crippen molar-refractivity contribution in [2.45, 2.75) is 6.42 Å². The van der Waals surface area contributed by atoms with Crippen LogP contribution in [0.1, 0.15) is 6.42 Å². The van der Waals surface area contributed by atoms with Gasteiger partial charge in [0.15, 0.2) is 0 Å². The molecule has 0 radical (unpaired) electrons. The normalized spacial score (nSPS) is 10.9. The minimum atomic E-state index is -0.680. The van der Waals surface area contributed by atoms with E-state index in [1.807, 2.05) is 44.4 Å². The molecule has 0 spiro atoms. The fraction of sp³-hybridized carbons (Fsp3) is 0.238. The van der Waals surface area contributed by atoms with Crippen LogP contribution in [0.5, 0.6) is 0 Å². The van der Waals surface area contributed by atoms with Crippen LogP contribution < -0.4 is 10.6 Å². The van der Waals surface area contributed by atoms with Gasteiger partial charge in [-0.05, 0) is 39.2 Å². The third-order valence-corrected chi connectivity index (χ3v) is 4.05. The zero-order valence-electron chi connectivity index (χ0n) is 15.9. The molecule has 2 aromatic carbocycles. The van der Waals surface area contributed by atoms with Crippen LogP contribution in [0.25, 0.3) is 11.3 Å². The number of aromatic nitrogens is 2. The largest absolute Gasteiger partial charge is 0.354 e. The molecule has 0 bridgehead atoms. The number of nitrogens with zero attached hydrogens (tertiary/aromatic N) is 3. The molecule has 146 valence electrons. The van der Waals surface area contributed by atoms with E-state index in [1.165, 1.54) is 12.1 Å². The van der Waals surface area contributed by atoms with Gasteiger partial charge in [0.05, 0.1) is 11.4 Å². The maximum absolute atomic E-state index is 14.0. The Morgan fingerprint density at radius 1 is 0.964 bits per heavy atom. The first-order chi connectivity index (χ1) is 13.5. The second-order valence-corrected chi connectivity index (χ2v) is 6.66. The highest BCUT2D eigenvalue weighted by molar-refractivity contribution is 5.67. The van der Waals surface area contributed by atoms with Gasteiger partial charge in [-0.15, -0.1) is 0 Å². The maximum Gasteiger partial charge on any atom is 0.225 e. The highest BCUT2D eigenvalue weighted by atomic mass is 19.1. The van der Waals surface area contributed by atoms with Crippen LogP contribution in [-0.2, 0) is 0 Å². The van der Waals surface area contributed by atoms with E-state index >= 15 is 0 Å². The molecule has 0 aliphatic heterocycles. The van der Waals surface area contributed by atoms with Crippen molar-refractivity contribution in [1.29, 1.82) is 0 Å². The number of halogens is 2. The van der Waals surface area contributed by atoms with Crippen molar-refractivity contribution in [3.63, 3.8) is 0 Å². The van der Waals surface area contributed by atoms with Crippen LogP contribution in [0, 0.1) is 11.6 Å². The Kier molecular flexibility index (Phi) is 6.49. The van der Waals surface area contributed by atoms with Gasteiger partial charge >= 0.3 is 0 Å². The van der Waals surface area contributed by atoms with Gasteiger partial charge in [-0.1, -0.05) is 30.3 Å². The standard InChI is InChI=1S/C21H23F2N5/c1-28(2)12-6-11-24-21-26-19(15-7-4-3-5-8-15)14-20(27-21)25-18-10-9-16(22)13-17(18)23/h3-5,7-10,13-14H,6,11-12H2,1-2H3,(H2,24,25,26,27). The van der Waals surface area contributed by atoms with Gasteiger partial charge in [-0.2, -0.15) is 4.98 Å². The fourth-order valence-electron chi connectivity index (χ4n) is 2.67. The second kappa shape index (κ2) is 9.23. The molecule has 5 nitrogen and oxygen atoms in total. The summed E-state index contributed by atoms with van der Waals surface area (Å²) in [5.41, 5.74) is 1.78. The molecule has 0 aliphatic carbocycles. The van der Waals surface area contributed by atoms with Crippen molar-refractivity contribution >= 4 is 17.5 Å². The summed E-state index contributed by atoms with van der Waals surface area (Å²) < 4.78 is 27.2. The molecule has 0 saturated carbocycles. The van der Waals surface area contributed by atoms with E-state index in [0.717, 1.165) is 24.6 Å². The molecule has 7 heteroatoms. The number of benzene rings is 2. The van der Waals surface area contributed by atoms with Crippen LogP contribution in [-0.4, -0.2) is 42.1 Å². The molecule has 0 atom stereocenters. The van der Waals surface area contributed by atoms with E-state index in [-0.39, 0.29) is 5.69 Å². The number of anilines is 3. The van der Waals surface area contributed by atoms with Crippen LogP contribution in [0.3, 0.4) is 0 Å². The molecule has 0 aliphatic rings. The van der Waals surface area contributed by atoms with E-state index in [1.54, 1.807) is 6.07 Å². The molecule has 2 N–H and O–H groups in total. The Morgan fingerprint density at radius 3 is 2.46 bits per heavy atom. The lowest BCUT2D eigenvalue weighted by molar-refractivity contribution is 0.405. The van der Waals surface area contributed by atoms with Crippen molar-refractivity contribution in [1.82, 2.24) is 14.9 Å². The average molecular weight is 383 g/mol. The first kappa shape index (κ1) is 19.7. The van der Waals surface area contributed by atoms with E-state index in [0.29, 0.717) is 24.0 Å². The van der Waals surface area contributed by atoms with Gasteiger partial charge in [-0.3, -0.25) is 0 Å². The van der Waals surface area contributed by atoms with Gasteiger partial charge in [0, 0.05) is 24.2 Å². The van der Waals surface area contributed by atoms with Gasteiger partial charge < -0.3 is 15.5 Å². The summed E-state index contributed by atoms with van der Waals surface area (Å²) in [7, 11) is 4.04. The van der Waals surface area contributed by atoms with E-state index in [2.05, 4.69) is 25.5 Å². The predicted molar refractivity (Wildman–Crippen MR) is 109 cm³/mol. The van der Waals surface area contributed by atoms with Crippen LogP contribution >= 0.6 is 0 Å². The van der Waals surface area contributed by atoms with Crippen LogP contribution in [0.4, 0.5) is 26.2 Å². The Labute approximate surface area is 163 Å². The lowest BCUT2D eigenvalue weighted by atomic mass is 10.1. The van der Waals surface area contributed by atoms with E-state index in [4.69, 9.17) is 0 Å². The Balaban J connectivity index is 1.86. The Hall–Kier alpha value is -3.06. The molecular weight excluding hydrogens is 360 g/mol. The summed E-state index contributed by atoms with van der Waals surface area (Å²) in [5, 5.41) is 6.14. The lowest BCUT2D eigenvalue weighted by Crippen LogP contribution is -2.17. The zero-order valence-corrected chi connectivity index (χ0v) is 15.9. The van der Waals surface area contributed by atoms with Gasteiger partial charge in [0.25, 0.3) is 0 Å². The van der Waals surface area contributed by atoms with Gasteiger partial charge in [0.1, 0.15) is 17.5 Å². The van der Waals surface area contributed by atoms with Crippen LogP contribution in [0.2, 0.25) is 0 Å². The monoisotopic (exact) mass is 383 g/mol. The molecule has 0 unspecified atom stereocenters. The topological polar surface area (TPSA) is 53.1 Å². The quantitative estimate of drug-likeness (QED) is 0.560. The number of nitrogens with one attached hydrogen (secondary N) is 2. The summed E-state index contributed by atoms with van der Waals surface area (Å²) in [4.78, 5) is 11.1. The highest BCUT2D eigenvalue weighted by Crippen LogP contribution is 2.25. The number of rotatable bonds is 8. The average Bonchev–Trinajstić information content (AvgIpc) is 2.68. The van der Waals surface area contributed by atoms with Crippen molar-refractivity contribution in [3.05, 3.63) is 66.2 Å². The third kappa shape index (κ3) is 5.47. The molecular formula is C21H23F2N5. The lowest BCUT2D eigenvalue weighted by Gasteiger charge is -2.13. The minimum Gasteiger partial charge on any atom is -0.354 e. The number of hydrogen-bond donors (Lipinski definition) is 2. The Bertz CT molecular complexity index is 916. The van der Waals surface area contributed by atoms with Crippen molar-refractivity contribution < 1.29 is 8.78 Å². The van der Waals surface area contributed by atoms with Crippen LogP contribution in [0.15, 0.2) is 54.6 Å². The van der Waals surface area contributed by atoms with Crippen molar-refractivity contribution in [2.24, 2.45) is 0 Å². The van der Waals surface area contributed by atoms with Gasteiger partial charge in [-0.25, -0.2) is 13.8 Å². The third-order valence-electron chi connectivity index (χ3n) is 4.05. The maximum atomic E-state index is 14.0. The Morgan fingerprint density at radius 2 is 1.75 bits per heavy atom. The van der Waals surface area contributed by atoms with Gasteiger partial charge in [0.2, 0.25) is 5.95 Å². The molecule has 28 heavy (non-hydrogen) atoms. The summed E-state index contributed by atoms with van der Waals surface area (Å²) in [6, 6.07) is 14.8. The first-order valence-electron chi connectivity index (χ1n) is 9.06. The second-order valence-electron chi connectivity index (χ2n) is 6.66. The zero-order chi connectivity index (χ0) is 19.9. The highest BCUT2D eigenvalue weighted by Gasteiger charge is 2.10. The molecule has 1 aromatic heterocycles.